The van der Waals surface area contributed by atoms with Crippen LogP contribution in [0.1, 0.15) is 6.92 Å². The van der Waals surface area contributed by atoms with E-state index in [1.165, 1.54) is 6.92 Å². The van der Waals surface area contributed by atoms with Gasteiger partial charge in [0.2, 0.25) is 5.75 Å². The Morgan fingerprint density at radius 3 is 2.39 bits per heavy atom. The van der Waals surface area contributed by atoms with Crippen LogP contribution in [0.4, 0.5) is 11.4 Å². The smallest absolute Gasteiger partial charge is 0.328 e. The van der Waals surface area contributed by atoms with E-state index in [2.05, 4.69) is 4.74 Å². The third-order valence-corrected chi connectivity index (χ3v) is 1.93. The molecule has 2 N–H and O–H groups in total. The van der Waals surface area contributed by atoms with Crippen LogP contribution in [0, 0.1) is 20.2 Å². The number of ether oxygens (including phenoxy) is 1. The average Bonchev–Trinajstić information content (AvgIpc) is 2.28. The van der Waals surface area contributed by atoms with E-state index >= 15 is 0 Å². The molecule has 0 radical (unpaired) electrons. The van der Waals surface area contributed by atoms with Gasteiger partial charge in [0, 0.05) is 6.07 Å². The van der Waals surface area contributed by atoms with Gasteiger partial charge in [-0.25, -0.2) is 4.79 Å². The number of rotatable bonds is 4. The number of nitro groups is 2. The Balaban J connectivity index is 3.16. The highest BCUT2D eigenvalue weighted by atomic mass is 16.6. The molecular weight excluding hydrogens is 246 g/mol. The fraction of sp³-hybridized carbons (Fsp3) is 0.222. The molecule has 9 nitrogen and oxygen atoms in total. The first kappa shape index (κ1) is 13.5. The third-order valence-electron chi connectivity index (χ3n) is 1.93. The number of esters is 1. The third kappa shape index (κ3) is 2.98. The standard InChI is InChI=1S/C9H9N3O6/c1-5(10)9(13)18-8-3-2-6(11(14)15)4-7(8)12(16)17/h2-5H,10H2,1H3/t5-/m0/s1. The van der Waals surface area contributed by atoms with Crippen molar-refractivity contribution in [3.8, 4) is 5.75 Å². The Hall–Kier alpha value is -2.55. The molecule has 1 rings (SSSR count). The number of carbonyl (C=O) groups excluding carboxylic acids is 1. The van der Waals surface area contributed by atoms with E-state index in [9.17, 15) is 25.0 Å². The van der Waals surface area contributed by atoms with Crippen molar-refractivity contribution >= 4 is 17.3 Å². The van der Waals surface area contributed by atoms with Crippen molar-refractivity contribution in [1.29, 1.82) is 0 Å². The fourth-order valence-corrected chi connectivity index (χ4v) is 1.05. The summed E-state index contributed by atoms with van der Waals surface area (Å²) in [5.41, 5.74) is 4.10. The Kier molecular flexibility index (Phi) is 3.89. The lowest BCUT2D eigenvalue weighted by Gasteiger charge is -2.06. The van der Waals surface area contributed by atoms with E-state index in [4.69, 9.17) is 5.73 Å². The van der Waals surface area contributed by atoms with Crippen LogP contribution in [0.5, 0.6) is 5.75 Å². The zero-order valence-corrected chi connectivity index (χ0v) is 9.23. The van der Waals surface area contributed by atoms with Gasteiger partial charge in [-0.05, 0) is 13.0 Å². The lowest BCUT2D eigenvalue weighted by Crippen LogP contribution is -2.31. The van der Waals surface area contributed by atoms with Crippen LogP contribution in [0.3, 0.4) is 0 Å². The van der Waals surface area contributed by atoms with Crippen molar-refractivity contribution in [2.75, 3.05) is 0 Å². The summed E-state index contributed by atoms with van der Waals surface area (Å²) in [4.78, 5) is 30.7. The minimum Gasteiger partial charge on any atom is -0.418 e. The topological polar surface area (TPSA) is 139 Å². The second-order valence-electron chi connectivity index (χ2n) is 3.38. The van der Waals surface area contributed by atoms with Crippen LogP contribution >= 0.6 is 0 Å². The molecule has 1 aromatic rings. The largest absolute Gasteiger partial charge is 0.418 e. The molecule has 0 heterocycles. The Morgan fingerprint density at radius 2 is 1.94 bits per heavy atom. The van der Waals surface area contributed by atoms with Crippen molar-refractivity contribution in [3.63, 3.8) is 0 Å². The molecule has 0 saturated heterocycles. The predicted octanol–water partition coefficient (Wildman–Crippen LogP) is 0.756. The number of hydrogen-bond acceptors (Lipinski definition) is 7. The van der Waals surface area contributed by atoms with Gasteiger partial charge in [-0.1, -0.05) is 0 Å². The van der Waals surface area contributed by atoms with Crippen LogP contribution in [0.25, 0.3) is 0 Å². The van der Waals surface area contributed by atoms with Crippen LogP contribution in [0.15, 0.2) is 18.2 Å². The minimum atomic E-state index is -0.959. The number of nitrogens with two attached hydrogens (primary N) is 1. The molecule has 1 aromatic carbocycles. The lowest BCUT2D eigenvalue weighted by atomic mass is 10.2. The molecule has 0 amide bonds. The Labute approximate surface area is 100 Å². The van der Waals surface area contributed by atoms with Gasteiger partial charge < -0.3 is 10.5 Å². The van der Waals surface area contributed by atoms with Gasteiger partial charge >= 0.3 is 11.7 Å². The van der Waals surface area contributed by atoms with E-state index in [1.54, 1.807) is 0 Å². The number of hydrogen-bond donors (Lipinski definition) is 1. The van der Waals surface area contributed by atoms with Crippen LogP contribution < -0.4 is 10.5 Å². The first-order valence-corrected chi connectivity index (χ1v) is 4.73. The van der Waals surface area contributed by atoms with Gasteiger partial charge in [0.15, 0.2) is 0 Å². The number of benzene rings is 1. The fourth-order valence-electron chi connectivity index (χ4n) is 1.05. The van der Waals surface area contributed by atoms with E-state index in [0.717, 1.165) is 12.1 Å². The molecule has 0 aliphatic carbocycles. The van der Waals surface area contributed by atoms with Crippen molar-refractivity contribution < 1.29 is 19.4 Å². The molecular formula is C9H9N3O6. The Bertz CT molecular complexity index is 513. The van der Waals surface area contributed by atoms with Crippen molar-refractivity contribution in [2.45, 2.75) is 13.0 Å². The summed E-state index contributed by atoms with van der Waals surface area (Å²) in [5.74, 6) is -1.25. The quantitative estimate of drug-likeness (QED) is 0.362. The van der Waals surface area contributed by atoms with E-state index in [1.807, 2.05) is 0 Å². The first-order chi connectivity index (χ1) is 8.32. The summed E-state index contributed by atoms with van der Waals surface area (Å²) in [6, 6.07) is 1.73. The van der Waals surface area contributed by atoms with Gasteiger partial charge in [-0.3, -0.25) is 20.2 Å². The van der Waals surface area contributed by atoms with E-state index in [-0.39, 0.29) is 5.75 Å². The molecule has 18 heavy (non-hydrogen) atoms. The summed E-state index contributed by atoms with van der Waals surface area (Å²) < 4.78 is 4.67. The van der Waals surface area contributed by atoms with Gasteiger partial charge in [-0.15, -0.1) is 0 Å². The lowest BCUT2D eigenvalue weighted by molar-refractivity contribution is -0.394. The maximum Gasteiger partial charge on any atom is 0.328 e. The Morgan fingerprint density at radius 1 is 1.33 bits per heavy atom. The highest BCUT2D eigenvalue weighted by Gasteiger charge is 2.23. The van der Waals surface area contributed by atoms with Crippen molar-refractivity contribution in [2.24, 2.45) is 5.73 Å². The summed E-state index contributed by atoms with van der Waals surface area (Å²) in [6.45, 7) is 1.35. The predicted molar refractivity (Wildman–Crippen MR) is 59.0 cm³/mol. The summed E-state index contributed by atoms with van der Waals surface area (Å²) in [5, 5.41) is 21.2. The molecule has 0 spiro atoms. The number of nitrogens with zero attached hydrogens (tertiary/aromatic N) is 2. The van der Waals surface area contributed by atoms with Crippen molar-refractivity contribution in [1.82, 2.24) is 0 Å². The zero-order valence-electron chi connectivity index (χ0n) is 9.23. The highest BCUT2D eigenvalue weighted by molar-refractivity contribution is 5.78. The summed E-state index contributed by atoms with van der Waals surface area (Å²) >= 11 is 0. The summed E-state index contributed by atoms with van der Waals surface area (Å²) in [6.07, 6.45) is 0. The molecule has 0 fully saturated rings. The van der Waals surface area contributed by atoms with Crippen LogP contribution in [-0.2, 0) is 4.79 Å². The second kappa shape index (κ2) is 5.19. The van der Waals surface area contributed by atoms with Crippen LogP contribution in [0.2, 0.25) is 0 Å². The minimum absolute atomic E-state index is 0.382. The second-order valence-corrected chi connectivity index (χ2v) is 3.38. The molecule has 0 aliphatic heterocycles. The zero-order chi connectivity index (χ0) is 13.9. The van der Waals surface area contributed by atoms with E-state index < -0.39 is 33.2 Å². The number of nitro benzene ring substituents is 2. The first-order valence-electron chi connectivity index (χ1n) is 4.73. The molecule has 9 heteroatoms. The highest BCUT2D eigenvalue weighted by Crippen LogP contribution is 2.31. The molecule has 0 bridgehead atoms. The summed E-state index contributed by atoms with van der Waals surface area (Å²) in [7, 11) is 0. The molecule has 0 aromatic heterocycles. The SMILES string of the molecule is C[C@H](N)C(=O)Oc1ccc([N+](=O)[O-])cc1[N+](=O)[O-]. The number of non-ortho nitro benzene ring substituents is 1. The molecule has 0 aliphatic rings. The van der Waals surface area contributed by atoms with Crippen LogP contribution in [-0.4, -0.2) is 21.9 Å². The van der Waals surface area contributed by atoms with Gasteiger partial charge in [0.05, 0.1) is 15.9 Å². The van der Waals surface area contributed by atoms with E-state index in [0.29, 0.717) is 6.07 Å². The monoisotopic (exact) mass is 255 g/mol. The van der Waals surface area contributed by atoms with Crippen molar-refractivity contribution in [3.05, 3.63) is 38.4 Å². The normalized spacial score (nSPS) is 11.7. The van der Waals surface area contributed by atoms with Gasteiger partial charge in [-0.2, -0.15) is 0 Å². The molecule has 0 unspecified atom stereocenters. The van der Waals surface area contributed by atoms with Gasteiger partial charge in [0.1, 0.15) is 6.04 Å². The average molecular weight is 255 g/mol. The molecule has 1 atom stereocenters. The maximum atomic E-state index is 11.2. The molecule has 96 valence electrons. The van der Waals surface area contributed by atoms with Gasteiger partial charge in [0.25, 0.3) is 5.69 Å². The number of carbonyl (C=O) groups is 1. The maximum absolute atomic E-state index is 11.2. The molecule has 0 saturated carbocycles.